The molecule has 0 aliphatic carbocycles. The Morgan fingerprint density at radius 3 is 0.868 bits per heavy atom. The van der Waals surface area contributed by atoms with Gasteiger partial charge in [-0.1, -0.05) is 229 Å². The van der Waals surface area contributed by atoms with E-state index >= 15 is 0 Å². The van der Waals surface area contributed by atoms with Gasteiger partial charge in [-0.15, -0.1) is 0 Å². The quantitative estimate of drug-likeness (QED) is 0.0262. The molecule has 0 saturated heterocycles. The van der Waals surface area contributed by atoms with Gasteiger partial charge in [0.05, 0.1) is 0 Å². The van der Waals surface area contributed by atoms with Gasteiger partial charge in [-0.25, -0.2) is 0 Å². The van der Waals surface area contributed by atoms with Crippen LogP contribution in [0.1, 0.15) is 297 Å². The van der Waals surface area contributed by atoms with Gasteiger partial charge in [0, 0.05) is 19.3 Å². The highest BCUT2D eigenvalue weighted by Gasteiger charge is 2.19. The number of ether oxygens (including phenoxy) is 3. The van der Waals surface area contributed by atoms with E-state index in [4.69, 9.17) is 14.2 Å². The minimum atomic E-state index is -0.786. The normalized spacial score (nSPS) is 12.5. The molecule has 0 radical (unpaired) electrons. The van der Waals surface area contributed by atoms with Crippen molar-refractivity contribution in [2.45, 2.75) is 303 Å². The average molecular weight is 952 g/mol. The van der Waals surface area contributed by atoms with Gasteiger partial charge in [-0.05, 0) is 109 Å². The van der Waals surface area contributed by atoms with Crippen molar-refractivity contribution in [2.75, 3.05) is 13.2 Å². The first kappa shape index (κ1) is 65.1. The topological polar surface area (TPSA) is 78.9 Å². The number of allylic oxidation sites excluding steroid dienone is 10. The highest BCUT2D eigenvalue weighted by molar-refractivity contribution is 5.71. The monoisotopic (exact) mass is 951 g/mol. The second-order valence-electron chi connectivity index (χ2n) is 19.5. The summed E-state index contributed by atoms with van der Waals surface area (Å²) in [7, 11) is 0. The first-order valence-corrected chi connectivity index (χ1v) is 29.3. The molecule has 0 bridgehead atoms. The summed E-state index contributed by atoms with van der Waals surface area (Å²) in [6, 6.07) is 0. The molecule has 0 saturated carbocycles. The minimum absolute atomic E-state index is 0.0838. The SMILES string of the molecule is CCCCC/C=C\C/C=C\CCCCCCCC(=O)OCC(COC(=O)CCCCCCCCC/C=C\C/C=C\CCCCCC)OC(=O)CCCCCCCCC/C=C\CCCCCCCC. The highest BCUT2D eigenvalue weighted by atomic mass is 16.6. The molecule has 0 spiro atoms. The molecule has 0 N–H and O–H groups in total. The summed E-state index contributed by atoms with van der Waals surface area (Å²) in [5.41, 5.74) is 0. The van der Waals surface area contributed by atoms with Gasteiger partial charge in [-0.2, -0.15) is 0 Å². The Hall–Kier alpha value is -2.89. The lowest BCUT2D eigenvalue weighted by Gasteiger charge is -2.18. The maximum absolute atomic E-state index is 12.9. The van der Waals surface area contributed by atoms with E-state index in [1.165, 1.54) is 167 Å². The second-order valence-corrected chi connectivity index (χ2v) is 19.5. The largest absolute Gasteiger partial charge is 0.462 e. The van der Waals surface area contributed by atoms with Crippen LogP contribution in [0.25, 0.3) is 0 Å². The third-order valence-corrected chi connectivity index (χ3v) is 12.7. The smallest absolute Gasteiger partial charge is 0.306 e. The zero-order valence-corrected chi connectivity index (χ0v) is 45.1. The van der Waals surface area contributed by atoms with Gasteiger partial charge in [0.25, 0.3) is 0 Å². The van der Waals surface area contributed by atoms with E-state index < -0.39 is 6.10 Å². The van der Waals surface area contributed by atoms with Crippen LogP contribution < -0.4 is 0 Å². The maximum Gasteiger partial charge on any atom is 0.306 e. The van der Waals surface area contributed by atoms with E-state index in [1.54, 1.807) is 0 Å². The summed E-state index contributed by atoms with van der Waals surface area (Å²) in [5, 5.41) is 0. The van der Waals surface area contributed by atoms with E-state index in [0.717, 1.165) is 89.9 Å². The van der Waals surface area contributed by atoms with Gasteiger partial charge >= 0.3 is 17.9 Å². The van der Waals surface area contributed by atoms with Crippen LogP contribution in [0.15, 0.2) is 60.8 Å². The van der Waals surface area contributed by atoms with E-state index in [0.29, 0.717) is 19.3 Å². The number of carbonyl (C=O) groups excluding carboxylic acids is 3. The molecule has 0 aromatic carbocycles. The first-order valence-electron chi connectivity index (χ1n) is 29.3. The molecule has 394 valence electrons. The van der Waals surface area contributed by atoms with Crippen LogP contribution in [0.2, 0.25) is 0 Å². The van der Waals surface area contributed by atoms with Crippen molar-refractivity contribution in [3.05, 3.63) is 60.8 Å². The summed E-state index contributed by atoms with van der Waals surface area (Å²) in [5.74, 6) is -0.898. The molecule has 0 aliphatic rings. The Bertz CT molecular complexity index is 1230. The number of rotatable bonds is 53. The molecule has 68 heavy (non-hydrogen) atoms. The second kappa shape index (κ2) is 56.7. The highest BCUT2D eigenvalue weighted by Crippen LogP contribution is 2.15. The molecular formula is C62H110O6. The van der Waals surface area contributed by atoms with Crippen molar-refractivity contribution >= 4 is 17.9 Å². The average Bonchev–Trinajstić information content (AvgIpc) is 3.34. The molecule has 0 fully saturated rings. The van der Waals surface area contributed by atoms with Gasteiger partial charge in [0.15, 0.2) is 6.10 Å². The minimum Gasteiger partial charge on any atom is -0.462 e. The summed E-state index contributed by atoms with van der Waals surface area (Å²) < 4.78 is 16.9. The van der Waals surface area contributed by atoms with Crippen molar-refractivity contribution in [3.8, 4) is 0 Å². The van der Waals surface area contributed by atoms with Crippen molar-refractivity contribution in [2.24, 2.45) is 0 Å². The van der Waals surface area contributed by atoms with Crippen LogP contribution in [0, 0.1) is 0 Å². The predicted octanol–water partition coefficient (Wildman–Crippen LogP) is 19.6. The Balaban J connectivity index is 4.40. The summed E-state index contributed by atoms with van der Waals surface area (Å²) in [4.78, 5) is 38.2. The van der Waals surface area contributed by atoms with Crippen molar-refractivity contribution in [1.82, 2.24) is 0 Å². The van der Waals surface area contributed by atoms with Gasteiger partial charge < -0.3 is 14.2 Å². The molecular weight excluding hydrogens is 841 g/mol. The lowest BCUT2D eigenvalue weighted by atomic mass is 10.1. The number of unbranched alkanes of at least 4 members (excludes halogenated alkanes) is 32. The molecule has 6 heteroatoms. The van der Waals surface area contributed by atoms with Gasteiger partial charge in [0.2, 0.25) is 0 Å². The summed E-state index contributed by atoms with van der Waals surface area (Å²) in [6.45, 7) is 6.60. The van der Waals surface area contributed by atoms with Gasteiger partial charge in [-0.3, -0.25) is 14.4 Å². The zero-order chi connectivity index (χ0) is 49.3. The maximum atomic E-state index is 12.9. The lowest BCUT2D eigenvalue weighted by molar-refractivity contribution is -0.167. The number of carbonyl (C=O) groups is 3. The predicted molar refractivity (Wildman–Crippen MR) is 293 cm³/mol. The van der Waals surface area contributed by atoms with Crippen LogP contribution >= 0.6 is 0 Å². The fraction of sp³-hybridized carbons (Fsp3) is 0.790. The van der Waals surface area contributed by atoms with Crippen LogP contribution in [0.4, 0.5) is 0 Å². The van der Waals surface area contributed by atoms with Crippen LogP contribution in [0.3, 0.4) is 0 Å². The molecule has 1 atom stereocenters. The Labute approximate surface area is 421 Å². The van der Waals surface area contributed by atoms with Crippen LogP contribution in [-0.2, 0) is 28.6 Å². The first-order chi connectivity index (χ1) is 33.5. The third-order valence-electron chi connectivity index (χ3n) is 12.7. The van der Waals surface area contributed by atoms with E-state index in [2.05, 4.69) is 81.5 Å². The molecule has 0 aliphatic heterocycles. The number of esters is 3. The Kier molecular flexibility index (Phi) is 54.3. The molecule has 0 rings (SSSR count). The van der Waals surface area contributed by atoms with Crippen molar-refractivity contribution in [1.29, 1.82) is 0 Å². The van der Waals surface area contributed by atoms with Crippen LogP contribution in [0.5, 0.6) is 0 Å². The fourth-order valence-electron chi connectivity index (χ4n) is 8.26. The third kappa shape index (κ3) is 54.1. The summed E-state index contributed by atoms with van der Waals surface area (Å²) >= 11 is 0. The number of hydrogen-bond acceptors (Lipinski definition) is 6. The van der Waals surface area contributed by atoms with E-state index in [9.17, 15) is 14.4 Å². The van der Waals surface area contributed by atoms with Crippen molar-refractivity contribution in [3.63, 3.8) is 0 Å². The van der Waals surface area contributed by atoms with Gasteiger partial charge in [0.1, 0.15) is 13.2 Å². The zero-order valence-electron chi connectivity index (χ0n) is 45.1. The Morgan fingerprint density at radius 2 is 0.529 bits per heavy atom. The Morgan fingerprint density at radius 1 is 0.294 bits per heavy atom. The molecule has 6 nitrogen and oxygen atoms in total. The standard InChI is InChI=1S/C62H110O6/c1-4-7-10-13-16-19-22-25-28-30-32-34-37-40-43-46-49-52-55-61(64)67-58-59(57-66-60(63)54-51-48-45-42-39-36-33-27-24-21-18-15-12-9-6-3)68-62(65)56-53-50-47-44-41-38-35-31-29-26-23-20-17-14-11-8-5-2/h18-19,21-22,26-30,33,59H,4-17,20,23-25,31-32,34-58H2,1-3H3/b21-18-,22-19-,29-26-,30-28-,33-27-. The van der Waals surface area contributed by atoms with Crippen LogP contribution in [-0.4, -0.2) is 37.2 Å². The van der Waals surface area contributed by atoms with E-state index in [-0.39, 0.29) is 31.1 Å². The number of hydrogen-bond donors (Lipinski definition) is 0. The van der Waals surface area contributed by atoms with E-state index in [1.807, 2.05) is 0 Å². The molecule has 1 unspecified atom stereocenters. The summed E-state index contributed by atoms with van der Waals surface area (Å²) in [6.07, 6.45) is 70.6. The molecule has 0 amide bonds. The molecule has 0 heterocycles. The van der Waals surface area contributed by atoms with Crippen molar-refractivity contribution < 1.29 is 28.6 Å². The molecule has 0 aromatic heterocycles. The fourth-order valence-corrected chi connectivity index (χ4v) is 8.26. The lowest BCUT2D eigenvalue weighted by Crippen LogP contribution is -2.30. The molecule has 0 aromatic rings.